The summed E-state index contributed by atoms with van der Waals surface area (Å²) in [6, 6.07) is 13.9. The highest BCUT2D eigenvalue weighted by Crippen LogP contribution is 2.27. The van der Waals surface area contributed by atoms with Crippen LogP contribution in [-0.2, 0) is 12.8 Å². The van der Waals surface area contributed by atoms with Gasteiger partial charge in [-0.25, -0.2) is 4.79 Å². The first-order chi connectivity index (χ1) is 12.2. The Bertz CT molecular complexity index is 742. The topological polar surface area (TPSA) is 50.4 Å². The molecular formula is C21H26N2O2. The SMILES string of the molecule is CC[C@H](NC(=O)Nc1ccccc1OC)c1ccc2c(c1)CCCC2. The number of ether oxygens (including phenoxy) is 1. The number of fused-ring (bicyclic) bond motifs is 1. The van der Waals surface area contributed by atoms with E-state index in [1.54, 1.807) is 7.11 Å². The molecule has 25 heavy (non-hydrogen) atoms. The number of aryl methyl sites for hydroxylation is 2. The fourth-order valence-electron chi connectivity index (χ4n) is 3.46. The first kappa shape index (κ1) is 17.3. The number of nitrogens with one attached hydrogen (secondary N) is 2. The van der Waals surface area contributed by atoms with Gasteiger partial charge < -0.3 is 15.4 Å². The van der Waals surface area contributed by atoms with Gasteiger partial charge in [-0.15, -0.1) is 0 Å². The summed E-state index contributed by atoms with van der Waals surface area (Å²) in [5.41, 5.74) is 4.75. The van der Waals surface area contributed by atoms with Crippen LogP contribution < -0.4 is 15.4 Å². The Morgan fingerprint density at radius 3 is 2.64 bits per heavy atom. The zero-order chi connectivity index (χ0) is 17.6. The van der Waals surface area contributed by atoms with Crippen molar-refractivity contribution in [3.05, 3.63) is 59.2 Å². The van der Waals surface area contributed by atoms with Crippen molar-refractivity contribution in [2.75, 3.05) is 12.4 Å². The lowest BCUT2D eigenvalue weighted by Crippen LogP contribution is -2.32. The number of rotatable bonds is 5. The number of carbonyl (C=O) groups is 1. The number of carbonyl (C=O) groups excluding carboxylic acids is 1. The first-order valence-electron chi connectivity index (χ1n) is 9.03. The van der Waals surface area contributed by atoms with Crippen molar-refractivity contribution in [1.29, 1.82) is 0 Å². The summed E-state index contributed by atoms with van der Waals surface area (Å²) in [4.78, 5) is 12.4. The van der Waals surface area contributed by atoms with Crippen molar-refractivity contribution in [3.63, 3.8) is 0 Å². The minimum Gasteiger partial charge on any atom is -0.495 e. The Morgan fingerprint density at radius 1 is 1.12 bits per heavy atom. The Kier molecular flexibility index (Phi) is 5.59. The van der Waals surface area contributed by atoms with E-state index in [-0.39, 0.29) is 12.1 Å². The average Bonchev–Trinajstić information content (AvgIpc) is 2.66. The van der Waals surface area contributed by atoms with Gasteiger partial charge in [0.25, 0.3) is 0 Å². The molecule has 0 aliphatic heterocycles. The Balaban J connectivity index is 1.70. The number of para-hydroxylation sites is 2. The molecule has 1 aliphatic rings. The molecule has 1 atom stereocenters. The number of benzene rings is 2. The molecule has 4 nitrogen and oxygen atoms in total. The molecule has 0 fully saturated rings. The summed E-state index contributed by atoms with van der Waals surface area (Å²) in [5, 5.41) is 5.97. The number of hydrogen-bond donors (Lipinski definition) is 2. The third-order valence-corrected chi connectivity index (χ3v) is 4.84. The van der Waals surface area contributed by atoms with Crippen molar-refractivity contribution < 1.29 is 9.53 Å². The van der Waals surface area contributed by atoms with Gasteiger partial charge in [0, 0.05) is 0 Å². The van der Waals surface area contributed by atoms with Crippen LogP contribution in [0.15, 0.2) is 42.5 Å². The molecule has 4 heteroatoms. The summed E-state index contributed by atoms with van der Waals surface area (Å²) >= 11 is 0. The van der Waals surface area contributed by atoms with Crippen molar-refractivity contribution in [3.8, 4) is 5.75 Å². The van der Waals surface area contributed by atoms with E-state index < -0.39 is 0 Å². The van der Waals surface area contributed by atoms with Crippen LogP contribution in [0.5, 0.6) is 5.75 Å². The van der Waals surface area contributed by atoms with Crippen LogP contribution in [0.4, 0.5) is 10.5 Å². The van der Waals surface area contributed by atoms with Gasteiger partial charge in [-0.3, -0.25) is 0 Å². The summed E-state index contributed by atoms with van der Waals surface area (Å²) in [6.45, 7) is 2.09. The van der Waals surface area contributed by atoms with Crippen molar-refractivity contribution >= 4 is 11.7 Å². The van der Waals surface area contributed by atoms with Gasteiger partial charge in [-0.2, -0.15) is 0 Å². The molecule has 132 valence electrons. The van der Waals surface area contributed by atoms with Crippen LogP contribution in [0.3, 0.4) is 0 Å². The lowest BCUT2D eigenvalue weighted by Gasteiger charge is -2.22. The van der Waals surface area contributed by atoms with E-state index >= 15 is 0 Å². The van der Waals surface area contributed by atoms with E-state index in [9.17, 15) is 4.79 Å². The first-order valence-corrected chi connectivity index (χ1v) is 9.03. The molecule has 2 N–H and O–H groups in total. The Hall–Kier alpha value is -2.49. The molecule has 2 amide bonds. The molecule has 0 saturated heterocycles. The lowest BCUT2D eigenvalue weighted by molar-refractivity contribution is 0.248. The van der Waals surface area contributed by atoms with E-state index in [1.807, 2.05) is 24.3 Å². The predicted octanol–water partition coefficient (Wildman–Crippen LogP) is 4.85. The molecule has 1 aliphatic carbocycles. The quantitative estimate of drug-likeness (QED) is 0.819. The molecule has 0 unspecified atom stereocenters. The fraction of sp³-hybridized carbons (Fsp3) is 0.381. The number of hydrogen-bond acceptors (Lipinski definition) is 2. The fourth-order valence-corrected chi connectivity index (χ4v) is 3.46. The Morgan fingerprint density at radius 2 is 1.88 bits per heavy atom. The minimum absolute atomic E-state index is 0.00179. The highest BCUT2D eigenvalue weighted by Gasteiger charge is 2.16. The van der Waals surface area contributed by atoms with E-state index in [2.05, 4.69) is 35.8 Å². The molecule has 0 radical (unpaired) electrons. The zero-order valence-electron chi connectivity index (χ0n) is 15.0. The van der Waals surface area contributed by atoms with Gasteiger partial charge in [-0.1, -0.05) is 37.3 Å². The molecule has 0 spiro atoms. The van der Waals surface area contributed by atoms with Crippen molar-refractivity contribution in [2.24, 2.45) is 0 Å². The normalized spacial score (nSPS) is 14.3. The monoisotopic (exact) mass is 338 g/mol. The molecule has 2 aromatic rings. The largest absolute Gasteiger partial charge is 0.495 e. The summed E-state index contributed by atoms with van der Waals surface area (Å²) in [6.07, 6.45) is 5.71. The predicted molar refractivity (Wildman–Crippen MR) is 101 cm³/mol. The van der Waals surface area contributed by atoms with Crippen LogP contribution in [-0.4, -0.2) is 13.1 Å². The number of methoxy groups -OCH3 is 1. The third-order valence-electron chi connectivity index (χ3n) is 4.84. The average molecular weight is 338 g/mol. The van der Waals surface area contributed by atoms with E-state index in [1.165, 1.54) is 36.0 Å². The molecule has 0 saturated carbocycles. The lowest BCUT2D eigenvalue weighted by atomic mass is 9.89. The highest BCUT2D eigenvalue weighted by molar-refractivity contribution is 5.91. The minimum atomic E-state index is -0.214. The summed E-state index contributed by atoms with van der Waals surface area (Å²) in [5.74, 6) is 0.652. The summed E-state index contributed by atoms with van der Waals surface area (Å²) < 4.78 is 5.28. The number of urea groups is 1. The second-order valence-electron chi connectivity index (χ2n) is 6.49. The standard InChI is InChI=1S/C21H26N2O2/c1-3-18(17-13-12-15-8-4-5-9-16(15)14-17)22-21(24)23-19-10-6-7-11-20(19)25-2/h6-7,10-14,18H,3-5,8-9H2,1-2H3,(H2,22,23,24)/t18-/m0/s1. The van der Waals surface area contributed by atoms with Crippen LogP contribution in [0.25, 0.3) is 0 Å². The molecule has 0 bridgehead atoms. The van der Waals surface area contributed by atoms with Crippen LogP contribution >= 0.6 is 0 Å². The number of anilines is 1. The van der Waals surface area contributed by atoms with Crippen LogP contribution in [0, 0.1) is 0 Å². The zero-order valence-corrected chi connectivity index (χ0v) is 15.0. The van der Waals surface area contributed by atoms with E-state index in [0.29, 0.717) is 11.4 Å². The van der Waals surface area contributed by atoms with E-state index in [4.69, 9.17) is 4.74 Å². The van der Waals surface area contributed by atoms with Gasteiger partial charge >= 0.3 is 6.03 Å². The van der Waals surface area contributed by atoms with Gasteiger partial charge in [0.05, 0.1) is 18.8 Å². The maximum Gasteiger partial charge on any atom is 0.319 e. The molecule has 3 rings (SSSR count). The van der Waals surface area contributed by atoms with Gasteiger partial charge in [0.2, 0.25) is 0 Å². The van der Waals surface area contributed by atoms with Gasteiger partial charge in [0.1, 0.15) is 5.75 Å². The van der Waals surface area contributed by atoms with Crippen LogP contribution in [0.1, 0.15) is 48.9 Å². The maximum absolute atomic E-state index is 12.4. The Labute approximate surface area is 149 Å². The van der Waals surface area contributed by atoms with Gasteiger partial charge in [0.15, 0.2) is 0 Å². The second-order valence-corrected chi connectivity index (χ2v) is 6.49. The molecule has 0 aromatic heterocycles. The number of amides is 2. The highest BCUT2D eigenvalue weighted by atomic mass is 16.5. The smallest absolute Gasteiger partial charge is 0.319 e. The van der Waals surface area contributed by atoms with Crippen molar-refractivity contribution in [2.45, 2.75) is 45.1 Å². The van der Waals surface area contributed by atoms with Crippen LogP contribution in [0.2, 0.25) is 0 Å². The molecule has 0 heterocycles. The molecular weight excluding hydrogens is 312 g/mol. The van der Waals surface area contributed by atoms with E-state index in [0.717, 1.165) is 12.8 Å². The van der Waals surface area contributed by atoms with Gasteiger partial charge in [-0.05, 0) is 60.9 Å². The maximum atomic E-state index is 12.4. The second kappa shape index (κ2) is 8.06. The molecule has 2 aromatic carbocycles. The van der Waals surface area contributed by atoms with Crippen molar-refractivity contribution in [1.82, 2.24) is 5.32 Å². The summed E-state index contributed by atoms with van der Waals surface area (Å²) in [7, 11) is 1.60. The third kappa shape index (κ3) is 4.13.